The number of aliphatic imine (C=N–C) groups is 1. The normalized spacial score (nSPS) is 10.5. The Bertz CT molecular complexity index is 971. The summed E-state index contributed by atoms with van der Waals surface area (Å²) in [6, 6.07) is 22.5. The zero-order valence-electron chi connectivity index (χ0n) is 13.6. The highest BCUT2D eigenvalue weighted by molar-refractivity contribution is 6.30. The lowest BCUT2D eigenvalue weighted by Crippen LogP contribution is -2.07. The summed E-state index contributed by atoms with van der Waals surface area (Å²) in [5.41, 5.74) is 2.62. The molecule has 5 heteroatoms. The molecule has 0 heterocycles. The van der Waals surface area contributed by atoms with Gasteiger partial charge in [0, 0.05) is 11.2 Å². The van der Waals surface area contributed by atoms with E-state index in [1.165, 1.54) is 0 Å². The molecule has 0 saturated heterocycles. The van der Waals surface area contributed by atoms with Gasteiger partial charge in [0.2, 0.25) is 0 Å². The van der Waals surface area contributed by atoms with E-state index in [4.69, 9.17) is 21.6 Å². The maximum absolute atomic E-state index is 12.1. The Kier molecular flexibility index (Phi) is 5.43. The fourth-order valence-electron chi connectivity index (χ4n) is 2.14. The van der Waals surface area contributed by atoms with Crippen molar-refractivity contribution in [1.29, 1.82) is 5.26 Å². The van der Waals surface area contributed by atoms with E-state index in [9.17, 15) is 4.79 Å². The van der Waals surface area contributed by atoms with Gasteiger partial charge in [-0.05, 0) is 66.2 Å². The molecule has 0 aromatic heterocycles. The predicted octanol–water partition coefficient (Wildman–Crippen LogP) is 5.18. The molecule has 0 radical (unpaired) electrons. The summed E-state index contributed by atoms with van der Waals surface area (Å²) in [6.45, 7) is 0. The summed E-state index contributed by atoms with van der Waals surface area (Å²) in [4.78, 5) is 16.5. The van der Waals surface area contributed by atoms with Gasteiger partial charge in [0.05, 0.1) is 22.9 Å². The van der Waals surface area contributed by atoms with Gasteiger partial charge in [0.15, 0.2) is 0 Å². The van der Waals surface area contributed by atoms with E-state index in [-0.39, 0.29) is 0 Å². The molecule has 0 N–H and O–H groups in total. The van der Waals surface area contributed by atoms with Gasteiger partial charge in [-0.25, -0.2) is 4.79 Å². The first-order valence-electron chi connectivity index (χ1n) is 7.76. The lowest BCUT2D eigenvalue weighted by molar-refractivity contribution is 0.0735. The van der Waals surface area contributed by atoms with Crippen LogP contribution in [-0.4, -0.2) is 12.2 Å². The van der Waals surface area contributed by atoms with E-state index in [1.807, 2.05) is 12.1 Å². The van der Waals surface area contributed by atoms with Crippen molar-refractivity contribution >= 4 is 29.5 Å². The van der Waals surface area contributed by atoms with Crippen molar-refractivity contribution in [3.8, 4) is 11.8 Å². The number of hydrogen-bond acceptors (Lipinski definition) is 4. The number of rotatable bonds is 4. The van der Waals surface area contributed by atoms with Gasteiger partial charge in [-0.3, -0.25) is 4.99 Å². The third-order valence-corrected chi connectivity index (χ3v) is 3.78. The number of carbonyl (C=O) groups excluding carboxylic acids is 1. The Morgan fingerprint density at radius 2 is 1.62 bits per heavy atom. The maximum Gasteiger partial charge on any atom is 0.343 e. The van der Waals surface area contributed by atoms with Gasteiger partial charge in [-0.2, -0.15) is 5.26 Å². The molecule has 0 spiro atoms. The standard InChI is InChI=1S/C21H13ClN2O2/c22-18-7-11-20(12-8-18)26-21(25)17-5-9-19(10-6-17)24-14-16-3-1-15(13-23)2-4-16/h1-12,14H. The van der Waals surface area contributed by atoms with Crippen molar-refractivity contribution in [1.82, 2.24) is 0 Å². The van der Waals surface area contributed by atoms with E-state index in [0.29, 0.717) is 27.6 Å². The SMILES string of the molecule is N#Cc1ccc(C=Nc2ccc(C(=O)Oc3ccc(Cl)cc3)cc2)cc1. The van der Waals surface area contributed by atoms with Crippen LogP contribution >= 0.6 is 11.6 Å². The van der Waals surface area contributed by atoms with Crippen molar-refractivity contribution in [2.45, 2.75) is 0 Å². The smallest absolute Gasteiger partial charge is 0.343 e. The van der Waals surface area contributed by atoms with E-state index >= 15 is 0 Å². The van der Waals surface area contributed by atoms with Crippen LogP contribution in [0.5, 0.6) is 5.75 Å². The van der Waals surface area contributed by atoms with Gasteiger partial charge in [-0.15, -0.1) is 0 Å². The summed E-state index contributed by atoms with van der Waals surface area (Å²) in [5, 5.41) is 9.36. The fraction of sp³-hybridized carbons (Fsp3) is 0. The Morgan fingerprint density at radius 1 is 0.962 bits per heavy atom. The van der Waals surface area contributed by atoms with Gasteiger partial charge in [-0.1, -0.05) is 23.7 Å². The Balaban J connectivity index is 1.65. The van der Waals surface area contributed by atoms with Gasteiger partial charge < -0.3 is 4.74 Å². The second-order valence-electron chi connectivity index (χ2n) is 5.38. The number of halogens is 1. The minimum Gasteiger partial charge on any atom is -0.423 e. The molecule has 0 saturated carbocycles. The largest absolute Gasteiger partial charge is 0.423 e. The van der Waals surface area contributed by atoms with Crippen LogP contribution in [0.4, 0.5) is 5.69 Å². The minimum atomic E-state index is -0.449. The van der Waals surface area contributed by atoms with Gasteiger partial charge >= 0.3 is 5.97 Å². The highest BCUT2D eigenvalue weighted by atomic mass is 35.5. The Hall–Kier alpha value is -3.42. The summed E-state index contributed by atoms with van der Waals surface area (Å²) in [5.74, 6) is -0.0164. The number of hydrogen-bond donors (Lipinski definition) is 0. The molecule has 0 unspecified atom stereocenters. The van der Waals surface area contributed by atoms with E-state index in [2.05, 4.69) is 11.1 Å². The van der Waals surface area contributed by atoms with Crippen molar-refractivity contribution in [3.05, 3.63) is 94.5 Å². The summed E-state index contributed by atoms with van der Waals surface area (Å²) >= 11 is 5.80. The third kappa shape index (κ3) is 4.56. The lowest BCUT2D eigenvalue weighted by Gasteiger charge is -2.04. The second kappa shape index (κ2) is 8.11. The van der Waals surface area contributed by atoms with Crippen LogP contribution in [0.15, 0.2) is 77.8 Å². The fourth-order valence-corrected chi connectivity index (χ4v) is 2.27. The number of carbonyl (C=O) groups is 1. The van der Waals surface area contributed by atoms with Crippen molar-refractivity contribution < 1.29 is 9.53 Å². The molecule has 0 aliphatic heterocycles. The van der Waals surface area contributed by atoms with Crippen LogP contribution in [0.3, 0.4) is 0 Å². The second-order valence-corrected chi connectivity index (χ2v) is 5.82. The molecule has 3 aromatic carbocycles. The zero-order chi connectivity index (χ0) is 18.4. The number of benzene rings is 3. The van der Waals surface area contributed by atoms with Crippen molar-refractivity contribution in [2.24, 2.45) is 4.99 Å². The molecule has 126 valence electrons. The molecular weight excluding hydrogens is 348 g/mol. The first-order valence-corrected chi connectivity index (χ1v) is 8.14. The molecule has 3 aromatic rings. The minimum absolute atomic E-state index is 0.428. The van der Waals surface area contributed by atoms with Crippen LogP contribution in [-0.2, 0) is 0 Å². The molecule has 0 aliphatic rings. The molecule has 0 atom stereocenters. The number of ether oxygens (including phenoxy) is 1. The van der Waals surface area contributed by atoms with E-state index in [1.54, 1.807) is 66.9 Å². The highest BCUT2D eigenvalue weighted by Gasteiger charge is 2.08. The molecule has 0 bridgehead atoms. The molecule has 0 amide bonds. The molecular formula is C21H13ClN2O2. The van der Waals surface area contributed by atoms with Crippen molar-refractivity contribution in [3.63, 3.8) is 0 Å². The highest BCUT2D eigenvalue weighted by Crippen LogP contribution is 2.18. The molecule has 0 fully saturated rings. The monoisotopic (exact) mass is 360 g/mol. The summed E-state index contributed by atoms with van der Waals surface area (Å²) in [7, 11) is 0. The average Bonchev–Trinajstić information content (AvgIpc) is 2.69. The molecule has 0 aliphatic carbocycles. The van der Waals surface area contributed by atoms with Crippen LogP contribution < -0.4 is 4.74 Å². The molecule has 3 rings (SSSR count). The van der Waals surface area contributed by atoms with E-state index in [0.717, 1.165) is 5.56 Å². The third-order valence-electron chi connectivity index (χ3n) is 3.53. The Labute approximate surface area is 156 Å². The first-order chi connectivity index (χ1) is 12.6. The molecule has 4 nitrogen and oxygen atoms in total. The predicted molar refractivity (Wildman–Crippen MR) is 101 cm³/mol. The quantitative estimate of drug-likeness (QED) is 0.366. The average molecular weight is 361 g/mol. The Morgan fingerprint density at radius 3 is 2.23 bits per heavy atom. The van der Waals surface area contributed by atoms with Crippen LogP contribution in [0.2, 0.25) is 5.02 Å². The first kappa shape index (κ1) is 17.4. The van der Waals surface area contributed by atoms with E-state index < -0.39 is 5.97 Å². The molecule has 26 heavy (non-hydrogen) atoms. The lowest BCUT2D eigenvalue weighted by atomic mass is 10.1. The van der Waals surface area contributed by atoms with Gasteiger partial charge in [0.1, 0.15) is 5.75 Å². The number of esters is 1. The van der Waals surface area contributed by atoms with Crippen LogP contribution in [0.1, 0.15) is 21.5 Å². The zero-order valence-corrected chi connectivity index (χ0v) is 14.4. The van der Waals surface area contributed by atoms with Crippen LogP contribution in [0.25, 0.3) is 0 Å². The van der Waals surface area contributed by atoms with Crippen LogP contribution in [0, 0.1) is 11.3 Å². The summed E-state index contributed by atoms with van der Waals surface area (Å²) in [6.07, 6.45) is 1.70. The number of nitriles is 1. The van der Waals surface area contributed by atoms with Gasteiger partial charge in [0.25, 0.3) is 0 Å². The summed E-state index contributed by atoms with van der Waals surface area (Å²) < 4.78 is 5.28. The number of nitrogens with zero attached hydrogens (tertiary/aromatic N) is 2. The van der Waals surface area contributed by atoms with Crippen molar-refractivity contribution in [2.75, 3.05) is 0 Å². The topological polar surface area (TPSA) is 62.5 Å². The maximum atomic E-state index is 12.1.